The Balaban J connectivity index is 1.28. The number of pyridine rings is 3. The number of aromatic nitrogens is 6. The zero-order valence-corrected chi connectivity index (χ0v) is 19.0. The van der Waals surface area contributed by atoms with Crippen molar-refractivity contribution in [3.8, 4) is 33.9 Å². The maximum atomic E-state index is 5.27. The summed E-state index contributed by atoms with van der Waals surface area (Å²) < 4.78 is 5.27. The fourth-order valence-electron chi connectivity index (χ4n) is 4.97. The lowest BCUT2D eigenvalue weighted by atomic mass is 10.1. The highest BCUT2D eigenvalue weighted by molar-refractivity contribution is 5.99. The number of fused-ring (bicyclic) bond motifs is 2. The second kappa shape index (κ2) is 8.18. The van der Waals surface area contributed by atoms with E-state index in [1.165, 1.54) is 18.4 Å². The van der Waals surface area contributed by atoms with Gasteiger partial charge in [0.1, 0.15) is 11.2 Å². The SMILES string of the molecule is c1cc2[nH]c(-c3n[nH]c4ccc(-c5cncc(CN6CCCC6)c5)nc34)cc2c(-c2ccoc2)n1. The topological polar surface area (TPSA) is 99.5 Å². The van der Waals surface area contributed by atoms with Crippen molar-refractivity contribution in [1.29, 1.82) is 0 Å². The predicted octanol–water partition coefficient (Wildman–Crippen LogP) is 5.42. The first-order valence-corrected chi connectivity index (χ1v) is 11.8. The summed E-state index contributed by atoms with van der Waals surface area (Å²) in [4.78, 5) is 20.0. The lowest BCUT2D eigenvalue weighted by molar-refractivity contribution is 0.331. The molecule has 6 aromatic heterocycles. The number of rotatable bonds is 5. The Labute approximate surface area is 201 Å². The van der Waals surface area contributed by atoms with Gasteiger partial charge in [0, 0.05) is 47.2 Å². The van der Waals surface area contributed by atoms with Crippen molar-refractivity contribution in [3.63, 3.8) is 0 Å². The number of nitrogens with one attached hydrogen (secondary N) is 2. The Morgan fingerprint density at radius 3 is 2.77 bits per heavy atom. The summed E-state index contributed by atoms with van der Waals surface area (Å²) in [6, 6.07) is 12.2. The van der Waals surface area contributed by atoms with Gasteiger partial charge >= 0.3 is 0 Å². The summed E-state index contributed by atoms with van der Waals surface area (Å²) in [6.45, 7) is 3.26. The Hall–Kier alpha value is -4.30. The van der Waals surface area contributed by atoms with Crippen LogP contribution in [0.5, 0.6) is 0 Å². The van der Waals surface area contributed by atoms with Crippen molar-refractivity contribution < 1.29 is 4.42 Å². The number of likely N-dealkylation sites (tertiary alicyclic amines) is 1. The maximum Gasteiger partial charge on any atom is 0.135 e. The molecule has 1 aliphatic rings. The standard InChI is InChI=1S/C27H23N7O/c1-2-9-34(8-1)15-17-11-19(14-28-13-17)21-3-4-23-26(31-21)27(33-32-23)24-12-20-22(30-24)5-7-29-25(20)18-6-10-35-16-18/h3-7,10-14,16,30H,1-2,8-9,15H2,(H,32,33). The molecule has 1 saturated heterocycles. The van der Waals surface area contributed by atoms with Crippen LogP contribution in [0.15, 0.2) is 71.9 Å². The monoisotopic (exact) mass is 461 g/mol. The first-order chi connectivity index (χ1) is 17.3. The average molecular weight is 462 g/mol. The first kappa shape index (κ1) is 20.1. The fraction of sp³-hybridized carbons (Fsp3) is 0.185. The molecule has 0 radical (unpaired) electrons. The van der Waals surface area contributed by atoms with E-state index in [0.717, 1.165) is 75.5 Å². The highest BCUT2D eigenvalue weighted by Crippen LogP contribution is 2.33. The molecule has 0 spiro atoms. The lowest BCUT2D eigenvalue weighted by Gasteiger charge is -2.14. The summed E-state index contributed by atoms with van der Waals surface area (Å²) >= 11 is 0. The van der Waals surface area contributed by atoms with Gasteiger partial charge in [-0.1, -0.05) is 0 Å². The van der Waals surface area contributed by atoms with Gasteiger partial charge in [0.2, 0.25) is 0 Å². The van der Waals surface area contributed by atoms with Crippen molar-refractivity contribution in [1.82, 2.24) is 35.0 Å². The van der Waals surface area contributed by atoms with Gasteiger partial charge < -0.3 is 9.40 Å². The van der Waals surface area contributed by atoms with Gasteiger partial charge in [0.05, 0.1) is 35.1 Å². The molecular weight excluding hydrogens is 438 g/mol. The van der Waals surface area contributed by atoms with Crippen LogP contribution in [0.1, 0.15) is 18.4 Å². The van der Waals surface area contributed by atoms with Crippen LogP contribution in [0, 0.1) is 0 Å². The molecule has 8 nitrogen and oxygen atoms in total. The molecular formula is C27H23N7O. The molecule has 0 saturated carbocycles. The molecule has 0 bridgehead atoms. The van der Waals surface area contributed by atoms with Crippen molar-refractivity contribution >= 4 is 21.9 Å². The quantitative estimate of drug-likeness (QED) is 0.356. The minimum absolute atomic E-state index is 0.775. The van der Waals surface area contributed by atoms with Crippen molar-refractivity contribution in [2.24, 2.45) is 0 Å². The Morgan fingerprint density at radius 2 is 1.89 bits per heavy atom. The molecule has 1 fully saturated rings. The van der Waals surface area contributed by atoms with Gasteiger partial charge in [-0.2, -0.15) is 5.10 Å². The van der Waals surface area contributed by atoms with E-state index in [4.69, 9.17) is 9.40 Å². The van der Waals surface area contributed by atoms with E-state index in [2.05, 4.69) is 42.2 Å². The van der Waals surface area contributed by atoms with Crippen LogP contribution in [0.3, 0.4) is 0 Å². The first-order valence-electron chi connectivity index (χ1n) is 11.8. The minimum Gasteiger partial charge on any atom is -0.472 e. The second-order valence-corrected chi connectivity index (χ2v) is 9.05. The summed E-state index contributed by atoms with van der Waals surface area (Å²) in [6.07, 6.45) is 11.6. The van der Waals surface area contributed by atoms with Crippen molar-refractivity contribution in [3.05, 3.63) is 73.1 Å². The molecule has 172 valence electrons. The van der Waals surface area contributed by atoms with Crippen LogP contribution in [0.4, 0.5) is 0 Å². The fourth-order valence-corrected chi connectivity index (χ4v) is 4.97. The molecule has 1 aliphatic heterocycles. The smallest absolute Gasteiger partial charge is 0.135 e. The Morgan fingerprint density at radius 1 is 0.943 bits per heavy atom. The van der Waals surface area contributed by atoms with Crippen LogP contribution in [-0.4, -0.2) is 48.1 Å². The van der Waals surface area contributed by atoms with Crippen LogP contribution in [-0.2, 0) is 6.54 Å². The van der Waals surface area contributed by atoms with Gasteiger partial charge in [-0.15, -0.1) is 0 Å². The van der Waals surface area contributed by atoms with Crippen LogP contribution in [0.2, 0.25) is 0 Å². The third-order valence-electron chi connectivity index (χ3n) is 6.70. The largest absolute Gasteiger partial charge is 0.472 e. The number of hydrogen-bond donors (Lipinski definition) is 2. The summed E-state index contributed by atoms with van der Waals surface area (Å²) in [5.74, 6) is 0. The van der Waals surface area contributed by atoms with E-state index >= 15 is 0 Å². The minimum atomic E-state index is 0.775. The van der Waals surface area contributed by atoms with E-state index in [-0.39, 0.29) is 0 Å². The zero-order chi connectivity index (χ0) is 23.2. The third-order valence-corrected chi connectivity index (χ3v) is 6.70. The van der Waals surface area contributed by atoms with Crippen LogP contribution >= 0.6 is 0 Å². The third kappa shape index (κ3) is 3.59. The van der Waals surface area contributed by atoms with Crippen LogP contribution in [0.25, 0.3) is 55.8 Å². The molecule has 2 N–H and O–H groups in total. The number of hydrogen-bond acceptors (Lipinski definition) is 6. The summed E-state index contributed by atoms with van der Waals surface area (Å²) in [5.41, 5.74) is 9.26. The lowest BCUT2D eigenvalue weighted by Crippen LogP contribution is -2.18. The van der Waals surface area contributed by atoms with Gasteiger partial charge in [-0.05, 0) is 67.9 Å². The van der Waals surface area contributed by atoms with Gasteiger partial charge in [0.25, 0.3) is 0 Å². The van der Waals surface area contributed by atoms with Crippen molar-refractivity contribution in [2.75, 3.05) is 13.1 Å². The number of aromatic amines is 2. The normalized spacial score (nSPS) is 14.4. The summed E-state index contributed by atoms with van der Waals surface area (Å²) in [7, 11) is 0. The van der Waals surface area contributed by atoms with Gasteiger partial charge in [-0.3, -0.25) is 20.0 Å². The molecule has 6 aromatic rings. The van der Waals surface area contributed by atoms with E-state index in [0.29, 0.717) is 0 Å². The molecule has 0 aromatic carbocycles. The van der Waals surface area contributed by atoms with Crippen molar-refractivity contribution in [2.45, 2.75) is 19.4 Å². The van der Waals surface area contributed by atoms with E-state index in [9.17, 15) is 0 Å². The maximum absolute atomic E-state index is 5.27. The second-order valence-electron chi connectivity index (χ2n) is 9.05. The van der Waals surface area contributed by atoms with Gasteiger partial charge in [0.15, 0.2) is 0 Å². The molecule has 0 amide bonds. The number of nitrogens with zero attached hydrogens (tertiary/aromatic N) is 5. The molecule has 7 heterocycles. The zero-order valence-electron chi connectivity index (χ0n) is 19.0. The highest BCUT2D eigenvalue weighted by atomic mass is 16.3. The molecule has 7 rings (SSSR count). The summed E-state index contributed by atoms with van der Waals surface area (Å²) in [5, 5.41) is 8.73. The average Bonchev–Trinajstić information content (AvgIpc) is 3.70. The van der Waals surface area contributed by atoms with E-state index in [1.807, 2.05) is 36.7 Å². The number of H-pyrrole nitrogens is 2. The molecule has 0 atom stereocenters. The Kier molecular flexibility index (Phi) is 4.70. The predicted molar refractivity (Wildman–Crippen MR) is 134 cm³/mol. The van der Waals surface area contributed by atoms with E-state index < -0.39 is 0 Å². The highest BCUT2D eigenvalue weighted by Gasteiger charge is 2.17. The van der Waals surface area contributed by atoms with Gasteiger partial charge in [-0.25, -0.2) is 4.98 Å². The molecule has 0 aliphatic carbocycles. The molecule has 0 unspecified atom stereocenters. The van der Waals surface area contributed by atoms with Crippen LogP contribution < -0.4 is 0 Å². The molecule has 35 heavy (non-hydrogen) atoms. The Bertz CT molecular complexity index is 1640. The van der Waals surface area contributed by atoms with E-state index in [1.54, 1.807) is 18.7 Å². The number of furan rings is 1. The molecule has 8 heteroatoms.